The van der Waals surface area contributed by atoms with E-state index in [1.54, 1.807) is 6.07 Å². The average molecular weight is 287 g/mol. The summed E-state index contributed by atoms with van der Waals surface area (Å²) in [4.78, 5) is 10.4. The highest BCUT2D eigenvalue weighted by molar-refractivity contribution is 5.51. The van der Waals surface area contributed by atoms with Crippen molar-refractivity contribution >= 4 is 0 Å². The Morgan fingerprint density at radius 2 is 2.14 bits per heavy atom. The first kappa shape index (κ1) is 14.9. The molecule has 1 unspecified atom stereocenters. The standard InChI is InChI=1S/C15H17N3O3/c1-15(2,3)9-4-5-10-12(8-18(19)20)11(7-16)14(17)21-13(10)6-9/h4-6,12H,8,17H2,1-3H3. The number of nitriles is 1. The Morgan fingerprint density at radius 3 is 2.67 bits per heavy atom. The molecule has 0 radical (unpaired) electrons. The van der Waals surface area contributed by atoms with Crippen LogP contribution in [-0.2, 0) is 5.41 Å². The van der Waals surface area contributed by atoms with Gasteiger partial charge in [-0.1, -0.05) is 32.9 Å². The topological polar surface area (TPSA) is 102 Å². The quantitative estimate of drug-likeness (QED) is 0.664. The molecule has 0 saturated heterocycles. The number of rotatable bonds is 2. The van der Waals surface area contributed by atoms with E-state index in [1.807, 2.05) is 18.2 Å². The second-order valence-corrected chi connectivity index (χ2v) is 6.06. The molecular weight excluding hydrogens is 270 g/mol. The van der Waals surface area contributed by atoms with E-state index in [9.17, 15) is 10.1 Å². The second-order valence-electron chi connectivity index (χ2n) is 6.06. The van der Waals surface area contributed by atoms with Gasteiger partial charge < -0.3 is 10.5 Å². The highest BCUT2D eigenvalue weighted by Crippen LogP contribution is 2.40. The van der Waals surface area contributed by atoms with Crippen molar-refractivity contribution in [1.82, 2.24) is 0 Å². The number of nitrogens with two attached hydrogens (primary N) is 1. The van der Waals surface area contributed by atoms with Gasteiger partial charge in [0.1, 0.15) is 17.4 Å². The molecule has 1 aromatic rings. The van der Waals surface area contributed by atoms with Crippen molar-refractivity contribution in [2.24, 2.45) is 5.73 Å². The molecule has 0 aliphatic carbocycles. The number of ether oxygens (including phenoxy) is 1. The minimum Gasteiger partial charge on any atom is -0.440 e. The summed E-state index contributed by atoms with van der Waals surface area (Å²) in [5.74, 6) is -0.226. The van der Waals surface area contributed by atoms with Gasteiger partial charge in [-0.3, -0.25) is 10.1 Å². The molecular formula is C15H17N3O3. The lowest BCUT2D eigenvalue weighted by atomic mass is 9.83. The average Bonchev–Trinajstić information content (AvgIpc) is 2.36. The van der Waals surface area contributed by atoms with Crippen molar-refractivity contribution < 1.29 is 9.66 Å². The highest BCUT2D eigenvalue weighted by Gasteiger charge is 2.33. The third-order valence-electron chi connectivity index (χ3n) is 3.54. The zero-order valence-corrected chi connectivity index (χ0v) is 12.2. The number of hydrogen-bond donors (Lipinski definition) is 1. The first-order chi connectivity index (χ1) is 9.74. The summed E-state index contributed by atoms with van der Waals surface area (Å²) in [5, 5.41) is 20.0. The van der Waals surface area contributed by atoms with Crippen LogP contribution >= 0.6 is 0 Å². The Morgan fingerprint density at radius 1 is 1.48 bits per heavy atom. The van der Waals surface area contributed by atoms with Crippen LogP contribution < -0.4 is 10.5 Å². The third kappa shape index (κ3) is 2.82. The minimum atomic E-state index is -0.664. The van der Waals surface area contributed by atoms with Crippen LogP contribution in [0.5, 0.6) is 5.75 Å². The Labute approximate surface area is 123 Å². The van der Waals surface area contributed by atoms with Crippen LogP contribution in [0.3, 0.4) is 0 Å². The van der Waals surface area contributed by atoms with Crippen LogP contribution in [0.4, 0.5) is 0 Å². The van der Waals surface area contributed by atoms with E-state index in [2.05, 4.69) is 20.8 Å². The molecule has 0 amide bonds. The number of benzene rings is 1. The van der Waals surface area contributed by atoms with Crippen molar-refractivity contribution in [2.45, 2.75) is 32.1 Å². The molecule has 21 heavy (non-hydrogen) atoms. The highest BCUT2D eigenvalue weighted by atomic mass is 16.6. The number of fused-ring (bicyclic) bond motifs is 1. The lowest BCUT2D eigenvalue weighted by molar-refractivity contribution is -0.482. The van der Waals surface area contributed by atoms with Crippen molar-refractivity contribution in [3.05, 3.63) is 50.9 Å². The molecule has 2 rings (SSSR count). The van der Waals surface area contributed by atoms with E-state index in [0.717, 1.165) is 5.56 Å². The van der Waals surface area contributed by atoms with Gasteiger partial charge in [-0.05, 0) is 17.0 Å². The number of nitrogens with zero attached hydrogens (tertiary/aromatic N) is 2. The van der Waals surface area contributed by atoms with Gasteiger partial charge in [0.05, 0.1) is 5.92 Å². The largest absolute Gasteiger partial charge is 0.440 e. The maximum absolute atomic E-state index is 10.9. The number of nitro groups is 1. The molecule has 110 valence electrons. The van der Waals surface area contributed by atoms with Gasteiger partial charge in [0.15, 0.2) is 0 Å². The molecule has 0 bridgehead atoms. The van der Waals surface area contributed by atoms with Crippen molar-refractivity contribution in [1.29, 1.82) is 5.26 Å². The fraction of sp³-hybridized carbons (Fsp3) is 0.400. The summed E-state index contributed by atoms with van der Waals surface area (Å²) < 4.78 is 5.50. The maximum Gasteiger partial charge on any atom is 0.215 e. The summed E-state index contributed by atoms with van der Waals surface area (Å²) in [5.41, 5.74) is 7.44. The molecule has 0 spiro atoms. The van der Waals surface area contributed by atoms with Crippen LogP contribution in [0.15, 0.2) is 29.7 Å². The van der Waals surface area contributed by atoms with Crippen LogP contribution in [0.25, 0.3) is 0 Å². The van der Waals surface area contributed by atoms with E-state index < -0.39 is 10.8 Å². The molecule has 0 aromatic heterocycles. The summed E-state index contributed by atoms with van der Waals surface area (Å²) >= 11 is 0. The van der Waals surface area contributed by atoms with Gasteiger partial charge in [-0.25, -0.2) is 0 Å². The molecule has 0 saturated carbocycles. The Balaban J connectivity index is 2.54. The molecule has 1 heterocycles. The third-order valence-corrected chi connectivity index (χ3v) is 3.54. The summed E-state index contributed by atoms with van der Waals surface area (Å²) in [6.45, 7) is 5.80. The van der Waals surface area contributed by atoms with Gasteiger partial charge >= 0.3 is 0 Å². The normalized spacial score (nSPS) is 17.7. The lowest BCUT2D eigenvalue weighted by Gasteiger charge is -2.26. The fourth-order valence-electron chi connectivity index (χ4n) is 2.35. The van der Waals surface area contributed by atoms with E-state index in [0.29, 0.717) is 11.3 Å². The molecule has 1 aliphatic rings. The second kappa shape index (κ2) is 5.09. The van der Waals surface area contributed by atoms with Crippen molar-refractivity contribution in [3.63, 3.8) is 0 Å². The Kier molecular flexibility index (Phi) is 3.60. The van der Waals surface area contributed by atoms with E-state index in [-0.39, 0.29) is 23.4 Å². The predicted octanol–water partition coefficient (Wildman–Crippen LogP) is 2.43. The van der Waals surface area contributed by atoms with E-state index >= 15 is 0 Å². The van der Waals surface area contributed by atoms with E-state index in [1.165, 1.54) is 0 Å². The monoisotopic (exact) mass is 287 g/mol. The van der Waals surface area contributed by atoms with Gasteiger partial charge in [-0.2, -0.15) is 5.26 Å². The van der Waals surface area contributed by atoms with Crippen LogP contribution in [0.2, 0.25) is 0 Å². The number of hydrogen-bond acceptors (Lipinski definition) is 5. The van der Waals surface area contributed by atoms with Crippen LogP contribution in [0.1, 0.15) is 37.8 Å². The zero-order chi connectivity index (χ0) is 15.8. The SMILES string of the molecule is CC(C)(C)c1ccc2c(c1)OC(N)=C(C#N)C2C[N+](=O)[O-]. The predicted molar refractivity (Wildman–Crippen MR) is 77.2 cm³/mol. The molecule has 6 heteroatoms. The van der Waals surface area contributed by atoms with Crippen LogP contribution in [-0.4, -0.2) is 11.5 Å². The van der Waals surface area contributed by atoms with Crippen molar-refractivity contribution in [3.8, 4) is 11.8 Å². The Bertz CT molecular complexity index is 666. The van der Waals surface area contributed by atoms with Crippen LogP contribution in [0, 0.1) is 21.4 Å². The fourth-order valence-corrected chi connectivity index (χ4v) is 2.35. The first-order valence-corrected chi connectivity index (χ1v) is 6.58. The summed E-state index contributed by atoms with van der Waals surface area (Å²) in [6.07, 6.45) is 0. The smallest absolute Gasteiger partial charge is 0.215 e. The Hall–Kier alpha value is -2.55. The summed E-state index contributed by atoms with van der Waals surface area (Å²) in [6, 6.07) is 7.45. The lowest BCUT2D eigenvalue weighted by Crippen LogP contribution is -2.25. The van der Waals surface area contributed by atoms with Gasteiger partial charge in [0.2, 0.25) is 12.4 Å². The minimum absolute atomic E-state index is 0.0529. The molecule has 1 atom stereocenters. The van der Waals surface area contributed by atoms with Gasteiger partial charge in [0.25, 0.3) is 0 Å². The maximum atomic E-state index is 10.9. The molecule has 6 nitrogen and oxygen atoms in total. The molecule has 1 aromatic carbocycles. The van der Waals surface area contributed by atoms with E-state index in [4.69, 9.17) is 15.7 Å². The first-order valence-electron chi connectivity index (χ1n) is 6.58. The van der Waals surface area contributed by atoms with Crippen molar-refractivity contribution in [2.75, 3.05) is 6.54 Å². The van der Waals surface area contributed by atoms with Gasteiger partial charge in [0, 0.05) is 10.5 Å². The molecule has 0 fully saturated rings. The molecule has 1 aliphatic heterocycles. The zero-order valence-electron chi connectivity index (χ0n) is 12.2. The van der Waals surface area contributed by atoms with Gasteiger partial charge in [-0.15, -0.1) is 0 Å². The summed E-state index contributed by atoms with van der Waals surface area (Å²) in [7, 11) is 0. The molecule has 2 N–H and O–H groups in total.